The number of ether oxygens (including phenoxy) is 2. The number of likely N-dealkylation sites (tertiary alicyclic amines) is 1. The smallest absolute Gasteiger partial charge is 0.274 e. The van der Waals surface area contributed by atoms with Gasteiger partial charge in [0.1, 0.15) is 6.17 Å². The Kier molecular flexibility index (Phi) is 8.86. The molecule has 4 atom stereocenters. The van der Waals surface area contributed by atoms with Crippen LogP contribution in [0.1, 0.15) is 71.8 Å². The van der Waals surface area contributed by atoms with Gasteiger partial charge in [0.2, 0.25) is 0 Å². The van der Waals surface area contributed by atoms with Crippen molar-refractivity contribution in [3.63, 3.8) is 0 Å². The highest BCUT2D eigenvalue weighted by atomic mass is 19.1. The van der Waals surface area contributed by atoms with Crippen LogP contribution < -0.4 is 10.6 Å². The first-order valence-electron chi connectivity index (χ1n) is 14.0. The first kappa shape index (κ1) is 27.0. The predicted molar refractivity (Wildman–Crippen MR) is 144 cm³/mol. The van der Waals surface area contributed by atoms with Crippen molar-refractivity contribution < 1.29 is 18.7 Å². The maximum absolute atomic E-state index is 14.1. The van der Waals surface area contributed by atoms with Crippen LogP contribution in [0.3, 0.4) is 0 Å². The van der Waals surface area contributed by atoms with Crippen molar-refractivity contribution in [2.45, 2.75) is 82.8 Å². The molecule has 1 aromatic carbocycles. The van der Waals surface area contributed by atoms with Gasteiger partial charge < -0.3 is 25.0 Å². The number of aromatic nitrogens is 2. The molecule has 0 bridgehead atoms. The summed E-state index contributed by atoms with van der Waals surface area (Å²) in [6.07, 6.45) is 6.34. The van der Waals surface area contributed by atoms with Crippen LogP contribution in [-0.4, -0.2) is 78.2 Å². The molecule has 0 radical (unpaired) electrons. The third kappa shape index (κ3) is 6.50. The molecule has 38 heavy (non-hydrogen) atoms. The number of hydrogen-bond acceptors (Lipinski definition) is 7. The number of anilines is 1. The molecule has 2 N–H and O–H groups in total. The Bertz CT molecular complexity index is 1080. The number of carbonyl (C=O) groups excluding carboxylic acids is 1. The fraction of sp³-hybridized carbons (Fsp3) is 0.621. The topological polar surface area (TPSA) is 88.6 Å². The first-order chi connectivity index (χ1) is 18.5. The summed E-state index contributed by atoms with van der Waals surface area (Å²) in [5, 5.41) is 15.2. The number of aryl methyl sites for hydroxylation is 1. The van der Waals surface area contributed by atoms with Crippen molar-refractivity contribution in [1.29, 1.82) is 0 Å². The molecule has 3 saturated heterocycles. The standard InChI is InChI=1S/C29H40FN5O3/c1-19-6-8-21(9-7-19)27-5-3-4-23(38-27)16-31-26-17-32-34-28(20(26)2)29(36)35-13-10-22(11-14-35)33-25-12-15-37-18-24(25)30/h6-9,17,22-25,27,33H,3-5,10-16,18H2,1-2H3,(H,31,34). The Hall–Kier alpha value is -2.62. The van der Waals surface area contributed by atoms with Crippen LogP contribution in [0.5, 0.6) is 0 Å². The van der Waals surface area contributed by atoms with Gasteiger partial charge in [0, 0.05) is 43.9 Å². The Morgan fingerprint density at radius 2 is 1.89 bits per heavy atom. The maximum atomic E-state index is 14.1. The van der Waals surface area contributed by atoms with E-state index in [4.69, 9.17) is 9.47 Å². The maximum Gasteiger partial charge on any atom is 0.274 e. The van der Waals surface area contributed by atoms with E-state index in [1.54, 1.807) is 6.20 Å². The van der Waals surface area contributed by atoms with Crippen molar-refractivity contribution >= 4 is 11.6 Å². The second-order valence-electron chi connectivity index (χ2n) is 10.9. The minimum absolute atomic E-state index is 0.0907. The van der Waals surface area contributed by atoms with Gasteiger partial charge in [-0.2, -0.15) is 5.10 Å². The Morgan fingerprint density at radius 3 is 2.66 bits per heavy atom. The van der Waals surface area contributed by atoms with Crippen molar-refractivity contribution in [2.75, 3.05) is 38.2 Å². The van der Waals surface area contributed by atoms with Crippen molar-refractivity contribution in [1.82, 2.24) is 20.4 Å². The zero-order chi connectivity index (χ0) is 26.5. The summed E-state index contributed by atoms with van der Waals surface area (Å²) < 4.78 is 25.7. The zero-order valence-electron chi connectivity index (χ0n) is 22.5. The third-order valence-electron chi connectivity index (χ3n) is 8.14. The zero-order valence-corrected chi connectivity index (χ0v) is 22.5. The highest BCUT2D eigenvalue weighted by molar-refractivity contribution is 5.94. The van der Waals surface area contributed by atoms with Gasteiger partial charge in [-0.15, -0.1) is 5.10 Å². The molecule has 2 aromatic rings. The minimum Gasteiger partial charge on any atom is -0.381 e. The van der Waals surface area contributed by atoms with E-state index in [2.05, 4.69) is 52.0 Å². The van der Waals surface area contributed by atoms with E-state index in [9.17, 15) is 9.18 Å². The molecule has 9 heteroatoms. The van der Waals surface area contributed by atoms with Crippen LogP contribution in [0.4, 0.5) is 10.1 Å². The highest BCUT2D eigenvalue weighted by Gasteiger charge is 2.31. The van der Waals surface area contributed by atoms with Crippen LogP contribution in [0.2, 0.25) is 0 Å². The molecule has 1 aromatic heterocycles. The molecule has 206 valence electrons. The van der Waals surface area contributed by atoms with E-state index in [0.717, 1.165) is 43.4 Å². The third-order valence-corrected chi connectivity index (χ3v) is 8.14. The number of alkyl halides is 1. The first-order valence-corrected chi connectivity index (χ1v) is 14.0. The second kappa shape index (κ2) is 12.5. The minimum atomic E-state index is -0.968. The van der Waals surface area contributed by atoms with E-state index in [-0.39, 0.29) is 36.8 Å². The molecule has 3 fully saturated rings. The summed E-state index contributed by atoms with van der Waals surface area (Å²) in [5.74, 6) is -0.0973. The number of piperidine rings is 1. The number of amides is 1. The number of carbonyl (C=O) groups is 1. The fourth-order valence-corrected chi connectivity index (χ4v) is 5.72. The lowest BCUT2D eigenvalue weighted by atomic mass is 9.97. The predicted octanol–water partition coefficient (Wildman–Crippen LogP) is 4.14. The van der Waals surface area contributed by atoms with Gasteiger partial charge in [0.15, 0.2) is 5.69 Å². The molecule has 3 aliphatic rings. The summed E-state index contributed by atoms with van der Waals surface area (Å²) in [5.41, 5.74) is 4.48. The van der Waals surface area contributed by atoms with Crippen LogP contribution in [0.15, 0.2) is 30.5 Å². The molecular formula is C29H40FN5O3. The van der Waals surface area contributed by atoms with E-state index >= 15 is 0 Å². The summed E-state index contributed by atoms with van der Waals surface area (Å²) in [7, 11) is 0. The van der Waals surface area contributed by atoms with Crippen LogP contribution >= 0.6 is 0 Å². The summed E-state index contributed by atoms with van der Waals surface area (Å²) >= 11 is 0. The molecule has 8 nitrogen and oxygen atoms in total. The molecule has 1 amide bonds. The summed E-state index contributed by atoms with van der Waals surface area (Å²) in [6, 6.07) is 8.64. The average Bonchev–Trinajstić information content (AvgIpc) is 2.94. The van der Waals surface area contributed by atoms with Gasteiger partial charge in [-0.05, 0) is 57.9 Å². The van der Waals surface area contributed by atoms with Crippen molar-refractivity contribution in [3.05, 3.63) is 52.8 Å². The second-order valence-corrected chi connectivity index (χ2v) is 10.9. The van der Waals surface area contributed by atoms with Gasteiger partial charge in [0.05, 0.1) is 30.7 Å². The fourth-order valence-electron chi connectivity index (χ4n) is 5.72. The number of nitrogens with zero attached hydrogens (tertiary/aromatic N) is 3. The Labute approximate surface area is 224 Å². The van der Waals surface area contributed by atoms with Crippen molar-refractivity contribution in [2.24, 2.45) is 0 Å². The molecular weight excluding hydrogens is 485 g/mol. The molecule has 0 spiro atoms. The normalized spacial score (nSPS) is 26.8. The molecule has 5 rings (SSSR count). The van der Waals surface area contributed by atoms with E-state index in [0.29, 0.717) is 38.4 Å². The van der Waals surface area contributed by atoms with E-state index in [1.807, 2.05) is 11.8 Å². The molecule has 3 aliphatic heterocycles. The van der Waals surface area contributed by atoms with E-state index in [1.165, 1.54) is 11.1 Å². The van der Waals surface area contributed by atoms with Gasteiger partial charge in [-0.1, -0.05) is 29.8 Å². The largest absolute Gasteiger partial charge is 0.381 e. The molecule has 4 unspecified atom stereocenters. The lowest BCUT2D eigenvalue weighted by molar-refractivity contribution is -0.0442. The molecule has 0 saturated carbocycles. The number of hydrogen-bond donors (Lipinski definition) is 2. The number of rotatable bonds is 7. The van der Waals surface area contributed by atoms with Gasteiger partial charge in [0.25, 0.3) is 5.91 Å². The quantitative estimate of drug-likeness (QED) is 0.562. The Balaban J connectivity index is 1.13. The number of benzene rings is 1. The molecule has 4 heterocycles. The number of halogens is 1. The highest BCUT2D eigenvalue weighted by Crippen LogP contribution is 2.32. The summed E-state index contributed by atoms with van der Waals surface area (Å²) in [6.45, 7) is 6.66. The van der Waals surface area contributed by atoms with Gasteiger partial charge in [-0.3, -0.25) is 4.79 Å². The Morgan fingerprint density at radius 1 is 1.11 bits per heavy atom. The van der Waals surface area contributed by atoms with E-state index < -0.39 is 6.17 Å². The number of nitrogens with one attached hydrogen (secondary N) is 2. The van der Waals surface area contributed by atoms with Crippen LogP contribution in [-0.2, 0) is 9.47 Å². The monoisotopic (exact) mass is 525 g/mol. The van der Waals surface area contributed by atoms with Gasteiger partial charge >= 0.3 is 0 Å². The van der Waals surface area contributed by atoms with Crippen molar-refractivity contribution in [3.8, 4) is 0 Å². The summed E-state index contributed by atoms with van der Waals surface area (Å²) in [4.78, 5) is 15.2. The average molecular weight is 526 g/mol. The molecule has 0 aliphatic carbocycles. The lowest BCUT2D eigenvalue weighted by Gasteiger charge is -2.36. The van der Waals surface area contributed by atoms with Crippen LogP contribution in [0, 0.1) is 13.8 Å². The van der Waals surface area contributed by atoms with Crippen LogP contribution in [0.25, 0.3) is 0 Å². The lowest BCUT2D eigenvalue weighted by Crippen LogP contribution is -2.52. The van der Waals surface area contributed by atoms with Gasteiger partial charge in [-0.25, -0.2) is 4.39 Å². The SMILES string of the molecule is Cc1ccc(C2CCCC(CNc3cnnc(C(=O)N4CCC(NC5CCOCC5F)CC4)c3C)O2)cc1.